The third-order valence-corrected chi connectivity index (χ3v) is 1.89. The molecule has 0 amide bonds. The van der Waals surface area contributed by atoms with Crippen molar-refractivity contribution in [2.45, 2.75) is 6.92 Å². The maximum Gasteiger partial charge on any atom is 0.143 e. The molecule has 6 heteroatoms. The van der Waals surface area contributed by atoms with E-state index in [1.807, 2.05) is 13.0 Å². The van der Waals surface area contributed by atoms with Crippen LogP contribution in [0.1, 0.15) is 5.56 Å². The lowest BCUT2D eigenvalue weighted by molar-refractivity contribution is 0.416. The van der Waals surface area contributed by atoms with Crippen LogP contribution in [0.15, 0.2) is 18.2 Å². The van der Waals surface area contributed by atoms with Crippen molar-refractivity contribution in [2.75, 3.05) is 12.5 Å². The summed E-state index contributed by atoms with van der Waals surface area (Å²) in [4.78, 5) is 2.05. The summed E-state index contributed by atoms with van der Waals surface area (Å²) in [6, 6.07) is 5.41. The standard InChI is InChI=1S/C8H12N2O3S/c1-6-3-4-8(13-2)7(5-6)9-10-14(11)12/h3-5,9-10H,1-2H3,(H,11,12)/p-1. The largest absolute Gasteiger partial charge is 0.759 e. The number of hydrazine groups is 1. The van der Waals surface area contributed by atoms with E-state index in [4.69, 9.17) is 4.74 Å². The minimum Gasteiger partial charge on any atom is -0.759 e. The van der Waals surface area contributed by atoms with Crippen molar-refractivity contribution in [3.05, 3.63) is 23.8 Å². The average Bonchev–Trinajstić information content (AvgIpc) is 2.15. The highest BCUT2D eigenvalue weighted by atomic mass is 32.2. The molecule has 0 spiro atoms. The maximum atomic E-state index is 10.2. The number of benzene rings is 1. The quantitative estimate of drug-likeness (QED) is 0.573. The molecule has 0 aliphatic rings. The molecule has 0 radical (unpaired) electrons. The predicted molar refractivity (Wildman–Crippen MR) is 53.4 cm³/mol. The summed E-state index contributed by atoms with van der Waals surface area (Å²) in [6.45, 7) is 1.90. The van der Waals surface area contributed by atoms with Crippen LogP contribution in [0.25, 0.3) is 0 Å². The molecule has 1 aromatic rings. The van der Waals surface area contributed by atoms with E-state index in [0.717, 1.165) is 5.56 Å². The van der Waals surface area contributed by atoms with Gasteiger partial charge in [0, 0.05) is 11.3 Å². The van der Waals surface area contributed by atoms with Crippen LogP contribution < -0.4 is 15.0 Å². The number of rotatable bonds is 4. The molecule has 5 nitrogen and oxygen atoms in total. The molecule has 2 N–H and O–H groups in total. The highest BCUT2D eigenvalue weighted by molar-refractivity contribution is 7.77. The lowest BCUT2D eigenvalue weighted by atomic mass is 10.2. The van der Waals surface area contributed by atoms with Crippen molar-refractivity contribution in [1.29, 1.82) is 0 Å². The zero-order chi connectivity index (χ0) is 10.6. The summed E-state index contributed by atoms with van der Waals surface area (Å²) in [7, 11) is 1.52. The van der Waals surface area contributed by atoms with Crippen molar-refractivity contribution in [3.63, 3.8) is 0 Å². The summed E-state index contributed by atoms with van der Waals surface area (Å²) < 4.78 is 25.5. The minimum absolute atomic E-state index is 0.577. The highest BCUT2D eigenvalue weighted by Crippen LogP contribution is 2.24. The Balaban J connectivity index is 2.82. The van der Waals surface area contributed by atoms with Gasteiger partial charge < -0.3 is 14.7 Å². The third kappa shape index (κ3) is 2.99. The first-order valence-electron chi connectivity index (χ1n) is 3.89. The molecule has 0 saturated heterocycles. The van der Waals surface area contributed by atoms with E-state index in [-0.39, 0.29) is 0 Å². The van der Waals surface area contributed by atoms with Gasteiger partial charge in [-0.1, -0.05) is 6.07 Å². The van der Waals surface area contributed by atoms with Crippen LogP contribution in [-0.2, 0) is 11.3 Å². The number of hydrogen-bond acceptors (Lipinski definition) is 4. The first kappa shape index (κ1) is 11.0. The summed E-state index contributed by atoms with van der Waals surface area (Å²) in [6.07, 6.45) is 0. The van der Waals surface area contributed by atoms with Crippen LogP contribution in [0.2, 0.25) is 0 Å². The number of methoxy groups -OCH3 is 1. The number of nitrogens with one attached hydrogen (secondary N) is 2. The SMILES string of the molecule is COc1ccc(C)cc1NNS(=O)[O-]. The second-order valence-electron chi connectivity index (χ2n) is 2.67. The molecule has 0 aliphatic carbocycles. The van der Waals surface area contributed by atoms with Gasteiger partial charge in [-0.05, 0) is 24.6 Å². The van der Waals surface area contributed by atoms with Gasteiger partial charge in [0.25, 0.3) is 0 Å². The normalized spacial score (nSPS) is 12.2. The number of aryl methyl sites for hydroxylation is 1. The monoisotopic (exact) mass is 215 g/mol. The van der Waals surface area contributed by atoms with Gasteiger partial charge in [0.1, 0.15) is 5.75 Å². The van der Waals surface area contributed by atoms with Crippen LogP contribution in [0.5, 0.6) is 5.75 Å². The van der Waals surface area contributed by atoms with E-state index in [1.165, 1.54) is 7.11 Å². The molecule has 0 heterocycles. The van der Waals surface area contributed by atoms with Crippen molar-refractivity contribution in [1.82, 2.24) is 4.83 Å². The van der Waals surface area contributed by atoms with E-state index < -0.39 is 11.3 Å². The smallest absolute Gasteiger partial charge is 0.143 e. The van der Waals surface area contributed by atoms with E-state index in [9.17, 15) is 8.76 Å². The average molecular weight is 215 g/mol. The summed E-state index contributed by atoms with van der Waals surface area (Å²) in [5, 5.41) is 0. The van der Waals surface area contributed by atoms with Gasteiger partial charge in [-0.15, -0.1) is 0 Å². The van der Waals surface area contributed by atoms with Crippen LogP contribution in [0.3, 0.4) is 0 Å². The lowest BCUT2D eigenvalue weighted by Crippen LogP contribution is -2.23. The first-order valence-corrected chi connectivity index (χ1v) is 4.96. The Bertz CT molecular complexity index is 343. The Morgan fingerprint density at radius 3 is 2.79 bits per heavy atom. The van der Waals surface area contributed by atoms with Crippen molar-refractivity contribution < 1.29 is 13.5 Å². The third-order valence-electron chi connectivity index (χ3n) is 1.62. The second-order valence-corrected chi connectivity index (χ2v) is 3.34. The van der Waals surface area contributed by atoms with Gasteiger partial charge in [0.05, 0.1) is 12.8 Å². The van der Waals surface area contributed by atoms with Crippen LogP contribution in [-0.4, -0.2) is 15.9 Å². The van der Waals surface area contributed by atoms with Crippen molar-refractivity contribution in [3.8, 4) is 5.75 Å². The molecule has 1 aromatic carbocycles. The fourth-order valence-corrected chi connectivity index (χ4v) is 1.21. The van der Waals surface area contributed by atoms with E-state index >= 15 is 0 Å². The fraction of sp³-hybridized carbons (Fsp3) is 0.250. The van der Waals surface area contributed by atoms with E-state index in [1.54, 1.807) is 12.1 Å². The van der Waals surface area contributed by atoms with Crippen LogP contribution in [0, 0.1) is 6.92 Å². The predicted octanol–water partition coefficient (Wildman–Crippen LogP) is 0.714. The lowest BCUT2D eigenvalue weighted by Gasteiger charge is -2.13. The van der Waals surface area contributed by atoms with Crippen molar-refractivity contribution >= 4 is 17.0 Å². The molecule has 78 valence electrons. The Morgan fingerprint density at radius 1 is 1.50 bits per heavy atom. The Kier molecular flexibility index (Phi) is 3.87. The minimum atomic E-state index is -2.35. The van der Waals surface area contributed by atoms with Crippen LogP contribution in [0.4, 0.5) is 5.69 Å². The van der Waals surface area contributed by atoms with E-state index in [0.29, 0.717) is 11.4 Å². The van der Waals surface area contributed by atoms with Gasteiger partial charge >= 0.3 is 0 Å². The van der Waals surface area contributed by atoms with Gasteiger partial charge in [0.2, 0.25) is 0 Å². The van der Waals surface area contributed by atoms with Gasteiger partial charge in [-0.25, -0.2) is 0 Å². The second kappa shape index (κ2) is 4.94. The van der Waals surface area contributed by atoms with Crippen molar-refractivity contribution in [2.24, 2.45) is 0 Å². The zero-order valence-corrected chi connectivity index (χ0v) is 8.68. The summed E-state index contributed by atoms with van der Waals surface area (Å²) in [5.74, 6) is 0.577. The first-order chi connectivity index (χ1) is 6.63. The fourth-order valence-electron chi connectivity index (χ4n) is 1.02. The molecule has 0 aromatic heterocycles. The molecule has 0 bridgehead atoms. The molecule has 0 saturated carbocycles. The molecule has 0 aliphatic heterocycles. The summed E-state index contributed by atoms with van der Waals surface area (Å²) >= 11 is -2.35. The Hall–Kier alpha value is -1.11. The Labute approximate surface area is 84.9 Å². The number of ether oxygens (including phenoxy) is 1. The molecule has 14 heavy (non-hydrogen) atoms. The highest BCUT2D eigenvalue weighted by Gasteiger charge is 2.01. The topological polar surface area (TPSA) is 73.4 Å². The maximum absolute atomic E-state index is 10.2. The van der Waals surface area contributed by atoms with Gasteiger partial charge in [-0.3, -0.25) is 4.21 Å². The summed E-state index contributed by atoms with van der Waals surface area (Å²) in [5.41, 5.74) is 4.10. The van der Waals surface area contributed by atoms with Gasteiger partial charge in [0.15, 0.2) is 0 Å². The Morgan fingerprint density at radius 2 is 2.21 bits per heavy atom. The number of hydrogen-bond donors (Lipinski definition) is 2. The molecule has 1 unspecified atom stereocenters. The van der Waals surface area contributed by atoms with E-state index in [2.05, 4.69) is 10.3 Å². The molecular weight excluding hydrogens is 204 g/mol. The van der Waals surface area contributed by atoms with Crippen LogP contribution >= 0.6 is 0 Å². The molecule has 1 atom stereocenters. The molecular formula is C8H11N2O3S-. The van der Waals surface area contributed by atoms with Gasteiger partial charge in [-0.2, -0.15) is 4.83 Å². The molecule has 0 fully saturated rings. The number of anilines is 1. The zero-order valence-electron chi connectivity index (χ0n) is 7.87. The molecule has 1 rings (SSSR count).